The predicted molar refractivity (Wildman–Crippen MR) is 160 cm³/mol. The molecule has 3 rings (SSSR count). The first-order valence-corrected chi connectivity index (χ1v) is 16.0. The molecule has 1 unspecified atom stereocenters. The summed E-state index contributed by atoms with van der Waals surface area (Å²) < 4.78 is 34.8. The Morgan fingerprint density at radius 1 is 1.28 bits per heavy atom. The molecule has 1 fully saturated rings. The standard InChI is InChI=1S/C27H39N8O10P/c1-33(12-6-10-28)11-3-2-4-14-42-21-9-8-20(22(15-21)35(37)38)17-43-25-24(31-32-30)23(18-44-46(39,40)41)45-27(25)34-13-5-7-19(16-34)26(29)36/h5,7-9,13,15-16,23-25,27H,2-4,6,10-12,14,17-18,28H2,1H3,(H3-,29,36,39,40,41)/t23-,24-,25-,27-/m1/s1. The Bertz CT molecular complexity index is 1420. The third-order valence-electron chi connectivity index (χ3n) is 7.18. The molecule has 1 amide bonds. The van der Waals surface area contributed by atoms with Crippen LogP contribution in [0, 0.1) is 10.1 Å². The number of pyridine rings is 1. The summed E-state index contributed by atoms with van der Waals surface area (Å²) in [7, 11) is -3.12. The van der Waals surface area contributed by atoms with Crippen molar-refractivity contribution < 1.29 is 47.4 Å². The Kier molecular flexibility index (Phi) is 14.3. The van der Waals surface area contributed by atoms with Crippen LogP contribution in [0.5, 0.6) is 5.75 Å². The predicted octanol–water partition coefficient (Wildman–Crippen LogP) is 1.45. The molecule has 1 aromatic heterocycles. The molecule has 1 saturated heterocycles. The van der Waals surface area contributed by atoms with Crippen LogP contribution in [0.1, 0.15) is 47.8 Å². The summed E-state index contributed by atoms with van der Waals surface area (Å²) in [6.07, 6.45) is 2.95. The van der Waals surface area contributed by atoms with Gasteiger partial charge in [-0.25, -0.2) is 0 Å². The van der Waals surface area contributed by atoms with Crippen molar-refractivity contribution in [3.05, 3.63) is 74.4 Å². The Hall–Kier alpha value is -3.70. The van der Waals surface area contributed by atoms with Gasteiger partial charge in [0.25, 0.3) is 25.6 Å². The van der Waals surface area contributed by atoms with Crippen molar-refractivity contribution in [3.63, 3.8) is 0 Å². The van der Waals surface area contributed by atoms with E-state index >= 15 is 0 Å². The normalized spacial score (nSPS) is 20.6. The maximum absolute atomic E-state index is 12.0. The second-order valence-corrected chi connectivity index (χ2v) is 11.8. The molecular weight excluding hydrogens is 627 g/mol. The first kappa shape index (κ1) is 36.8. The highest BCUT2D eigenvalue weighted by molar-refractivity contribution is 7.44. The number of benzene rings is 1. The molecule has 0 bridgehead atoms. The van der Waals surface area contributed by atoms with Gasteiger partial charge in [-0.05, 0) is 76.1 Å². The summed E-state index contributed by atoms with van der Waals surface area (Å²) in [6, 6.07) is 6.08. The molecule has 0 saturated carbocycles. The maximum atomic E-state index is 12.0. The summed E-state index contributed by atoms with van der Waals surface area (Å²) in [5.74, 6) is -0.431. The summed E-state index contributed by atoms with van der Waals surface area (Å²) in [4.78, 5) is 48.5. The minimum atomic E-state index is -5.17. The number of unbranched alkanes of at least 4 members (excludes halogenated alkanes) is 2. The lowest BCUT2D eigenvalue weighted by Gasteiger charge is -2.21. The van der Waals surface area contributed by atoms with Crippen LogP contribution in [0.25, 0.3) is 10.4 Å². The highest BCUT2D eigenvalue weighted by Gasteiger charge is 2.51. The molecule has 0 aliphatic carbocycles. The number of nitrogens with two attached hydrogens (primary N) is 2. The zero-order valence-corrected chi connectivity index (χ0v) is 26.2. The molecule has 0 radical (unpaired) electrons. The number of hydrogen-bond donors (Lipinski definition) is 3. The molecule has 18 nitrogen and oxygen atoms in total. The monoisotopic (exact) mass is 666 g/mol. The van der Waals surface area contributed by atoms with Gasteiger partial charge < -0.3 is 44.9 Å². The molecule has 0 spiro atoms. The van der Waals surface area contributed by atoms with Crippen LogP contribution in [-0.4, -0.2) is 78.8 Å². The van der Waals surface area contributed by atoms with Crippen molar-refractivity contribution in [1.29, 1.82) is 0 Å². The number of phosphoric acid groups is 1. The summed E-state index contributed by atoms with van der Waals surface area (Å²) in [5, 5.41) is 15.6. The Labute approximate surface area is 265 Å². The van der Waals surface area contributed by atoms with E-state index in [4.69, 9.17) is 30.6 Å². The zero-order valence-electron chi connectivity index (χ0n) is 25.3. The van der Waals surface area contributed by atoms with Crippen molar-refractivity contribution in [3.8, 4) is 5.75 Å². The van der Waals surface area contributed by atoms with E-state index in [-0.39, 0.29) is 23.4 Å². The van der Waals surface area contributed by atoms with Crippen LogP contribution < -0.4 is 25.7 Å². The molecule has 1 aliphatic rings. The molecule has 2 heterocycles. The Morgan fingerprint density at radius 3 is 2.72 bits per heavy atom. The lowest BCUT2D eigenvalue weighted by molar-refractivity contribution is -0.766. The zero-order chi connectivity index (χ0) is 33.7. The molecular formula is C27H39N8O10P. The molecule has 1 aliphatic heterocycles. The van der Waals surface area contributed by atoms with E-state index in [0.717, 1.165) is 38.8 Å². The molecule has 2 aromatic rings. The third kappa shape index (κ3) is 11.3. The molecule has 46 heavy (non-hydrogen) atoms. The van der Waals surface area contributed by atoms with Gasteiger partial charge in [-0.1, -0.05) is 5.11 Å². The maximum Gasteiger partial charge on any atom is 0.290 e. The van der Waals surface area contributed by atoms with Gasteiger partial charge in [-0.2, -0.15) is 4.57 Å². The van der Waals surface area contributed by atoms with Crippen LogP contribution in [0.4, 0.5) is 5.69 Å². The first-order valence-electron chi connectivity index (χ1n) is 14.5. The topological polar surface area (TPSA) is 265 Å². The highest BCUT2D eigenvalue weighted by Crippen LogP contribution is 2.37. The Morgan fingerprint density at radius 2 is 2.04 bits per heavy atom. The number of carbonyl (C=O) groups is 1. The van der Waals surface area contributed by atoms with E-state index in [0.29, 0.717) is 18.9 Å². The van der Waals surface area contributed by atoms with Gasteiger partial charge in [0.1, 0.15) is 17.4 Å². The van der Waals surface area contributed by atoms with Crippen LogP contribution in [0.3, 0.4) is 0 Å². The number of nitro benzene ring substituents is 1. The number of amides is 1. The second-order valence-electron chi connectivity index (χ2n) is 10.6. The fraction of sp³-hybridized carbons (Fsp3) is 0.556. The van der Waals surface area contributed by atoms with Crippen LogP contribution in [0.2, 0.25) is 0 Å². The largest absolute Gasteiger partial charge is 0.756 e. The quantitative estimate of drug-likeness (QED) is 0.0265. The molecule has 252 valence electrons. The van der Waals surface area contributed by atoms with Gasteiger partial charge in [0, 0.05) is 11.0 Å². The van der Waals surface area contributed by atoms with Crippen LogP contribution in [0.15, 0.2) is 47.8 Å². The second kappa shape index (κ2) is 17.9. The number of hydrogen-bond acceptors (Lipinski definition) is 12. The van der Waals surface area contributed by atoms with Gasteiger partial charge in [0.05, 0.1) is 42.5 Å². The van der Waals surface area contributed by atoms with Gasteiger partial charge >= 0.3 is 0 Å². The number of rotatable bonds is 20. The van der Waals surface area contributed by atoms with E-state index < -0.39 is 49.7 Å². The summed E-state index contributed by atoms with van der Waals surface area (Å²) >= 11 is 0. The van der Waals surface area contributed by atoms with Crippen molar-refractivity contribution in [2.24, 2.45) is 16.6 Å². The smallest absolute Gasteiger partial charge is 0.290 e. The number of azide groups is 1. The minimum Gasteiger partial charge on any atom is -0.756 e. The van der Waals surface area contributed by atoms with Gasteiger partial charge in [0.15, 0.2) is 18.5 Å². The number of nitrogens with zero attached hydrogens (tertiary/aromatic N) is 6. The Balaban J connectivity index is 1.73. The average Bonchev–Trinajstić information content (AvgIpc) is 3.36. The SMILES string of the molecule is CN(CCCN)CCCCCOc1ccc(CO[C@@H]2[C@H](N=[N+]=[N-])[C@@H](COP(=O)([O-])O)O[C@H]2[n+]2cccc(C(N)=O)c2)c([N+](=O)[O-])c1. The first-order chi connectivity index (χ1) is 21.9. The van der Waals surface area contributed by atoms with E-state index in [1.165, 1.54) is 41.2 Å². The van der Waals surface area contributed by atoms with Gasteiger partial charge in [-0.15, -0.1) is 0 Å². The van der Waals surface area contributed by atoms with Crippen molar-refractivity contribution in [1.82, 2.24) is 4.90 Å². The minimum absolute atomic E-state index is 0.102. The van der Waals surface area contributed by atoms with E-state index in [9.17, 15) is 29.9 Å². The molecule has 19 heteroatoms. The van der Waals surface area contributed by atoms with E-state index in [1.54, 1.807) is 6.07 Å². The number of ether oxygens (including phenoxy) is 3. The molecule has 5 atom stereocenters. The number of aromatic nitrogens is 1. The van der Waals surface area contributed by atoms with Gasteiger partial charge in [0.2, 0.25) is 0 Å². The van der Waals surface area contributed by atoms with Crippen LogP contribution >= 0.6 is 7.82 Å². The number of nitro groups is 1. The fourth-order valence-corrected chi connectivity index (χ4v) is 5.21. The molecule has 1 aromatic carbocycles. The molecule has 5 N–H and O–H groups in total. The lowest BCUT2D eigenvalue weighted by Crippen LogP contribution is -2.47. The number of phosphoric ester groups is 1. The summed E-state index contributed by atoms with van der Waals surface area (Å²) in [6.45, 7) is 1.84. The highest BCUT2D eigenvalue weighted by atomic mass is 31.2. The summed E-state index contributed by atoms with van der Waals surface area (Å²) in [5.41, 5.74) is 20.2. The van der Waals surface area contributed by atoms with Crippen molar-refractivity contribution >= 4 is 19.4 Å². The average molecular weight is 667 g/mol. The van der Waals surface area contributed by atoms with E-state index in [2.05, 4.69) is 19.4 Å². The number of carbonyl (C=O) groups excluding carboxylic acids is 1. The fourth-order valence-electron chi connectivity index (χ4n) is 4.88. The lowest BCUT2D eigenvalue weighted by atomic mass is 10.1. The third-order valence-corrected chi connectivity index (χ3v) is 7.66. The van der Waals surface area contributed by atoms with Gasteiger partial charge in [-0.3, -0.25) is 19.5 Å². The van der Waals surface area contributed by atoms with Crippen molar-refractivity contribution in [2.75, 3.05) is 39.9 Å². The van der Waals surface area contributed by atoms with E-state index in [1.807, 2.05) is 7.05 Å². The number of primary amides is 1. The van der Waals surface area contributed by atoms with Crippen molar-refractivity contribution in [2.45, 2.75) is 56.8 Å². The van der Waals surface area contributed by atoms with Crippen LogP contribution in [-0.2, 0) is 25.2 Å².